The smallest absolute Gasteiger partial charge is 0.417 e. The number of benzene rings is 4. The van der Waals surface area contributed by atoms with Gasteiger partial charge in [-0.1, -0.05) is 24.3 Å². The summed E-state index contributed by atoms with van der Waals surface area (Å²) in [5.74, 6) is -9.66. The lowest BCUT2D eigenvalue weighted by Gasteiger charge is -2.16. The Morgan fingerprint density at radius 1 is 0.435 bits per heavy atom. The van der Waals surface area contributed by atoms with Crippen LogP contribution in [0, 0.1) is 0 Å². The zero-order chi connectivity index (χ0) is 34.1. The Hall–Kier alpha value is -6.06. The lowest BCUT2D eigenvalue weighted by molar-refractivity contribution is -0.138. The summed E-state index contributed by atoms with van der Waals surface area (Å²) < 4.78 is 90.7. The predicted octanol–water partition coefficient (Wildman–Crippen LogP) is 7.77. The molecular weight excluding hydrogens is 634 g/mol. The summed E-state index contributed by atoms with van der Waals surface area (Å²) >= 11 is 0. The van der Waals surface area contributed by atoms with Crippen LogP contribution in [-0.4, -0.2) is 44.3 Å². The van der Waals surface area contributed by atoms with Crippen molar-refractivity contribution in [3.05, 3.63) is 106 Å². The normalized spacial score (nSPS) is 11.5. The Labute approximate surface area is 252 Å². The molecule has 0 fully saturated rings. The largest absolute Gasteiger partial charge is 0.478 e. The van der Waals surface area contributed by atoms with Crippen LogP contribution in [0.5, 0.6) is 23.0 Å². The number of carboxylic acid groups (broad SMARTS) is 4. The Bertz CT molecular complexity index is 1720. The van der Waals surface area contributed by atoms with Crippen LogP contribution in [0.2, 0.25) is 0 Å². The highest BCUT2D eigenvalue weighted by Gasteiger charge is 2.40. The fourth-order valence-electron chi connectivity index (χ4n) is 4.36. The molecule has 0 aliphatic rings. The second kappa shape index (κ2) is 12.1. The van der Waals surface area contributed by atoms with E-state index in [1.54, 1.807) is 0 Å². The molecule has 0 aliphatic carbocycles. The number of aromatic carboxylic acids is 4. The number of alkyl halides is 6. The van der Waals surface area contributed by atoms with Crippen molar-refractivity contribution in [2.75, 3.05) is 0 Å². The number of carbonyl (C=O) groups is 4. The van der Waals surface area contributed by atoms with E-state index in [2.05, 4.69) is 0 Å². The zero-order valence-electron chi connectivity index (χ0n) is 22.4. The lowest BCUT2D eigenvalue weighted by atomic mass is 9.99. The third kappa shape index (κ3) is 6.69. The van der Waals surface area contributed by atoms with Gasteiger partial charge in [0.1, 0.15) is 34.1 Å². The first-order chi connectivity index (χ1) is 21.4. The first kappa shape index (κ1) is 32.8. The van der Waals surface area contributed by atoms with Gasteiger partial charge in [-0.3, -0.25) is 0 Å². The molecule has 238 valence electrons. The maximum atomic E-state index is 13.3. The standard InChI is InChI=1S/C30H16F6O10/c31-29(32,33)17-9-11-19(23(27(41)42)21(17)25(37)38)45-15-5-1-13(2-6-15)14-3-7-16(8-4-14)46-20-12-10-18(30(34,35)36)22(26(39)40)24(20)28(43)44/h1-12H,(H,37,38)(H,39,40)(H,41,42)(H,43,44). The van der Waals surface area contributed by atoms with Crippen LogP contribution in [0.4, 0.5) is 26.3 Å². The molecule has 0 aromatic heterocycles. The molecule has 10 nitrogen and oxygen atoms in total. The van der Waals surface area contributed by atoms with Gasteiger partial charge in [0.25, 0.3) is 0 Å². The minimum absolute atomic E-state index is 0.0694. The monoisotopic (exact) mass is 650 g/mol. The first-order valence-corrected chi connectivity index (χ1v) is 12.4. The number of carboxylic acids is 4. The number of ether oxygens (including phenoxy) is 2. The van der Waals surface area contributed by atoms with E-state index < -0.39 is 81.1 Å². The summed E-state index contributed by atoms with van der Waals surface area (Å²) in [5, 5.41) is 37.6. The van der Waals surface area contributed by atoms with Crippen LogP contribution in [0.25, 0.3) is 11.1 Å². The molecule has 0 bridgehead atoms. The van der Waals surface area contributed by atoms with Gasteiger partial charge >= 0.3 is 36.2 Å². The molecule has 0 atom stereocenters. The Kier molecular flexibility index (Phi) is 8.67. The van der Waals surface area contributed by atoms with Gasteiger partial charge in [0.2, 0.25) is 0 Å². The maximum absolute atomic E-state index is 13.3. The zero-order valence-corrected chi connectivity index (χ0v) is 22.4. The van der Waals surface area contributed by atoms with Crippen molar-refractivity contribution in [3.8, 4) is 34.1 Å². The third-order valence-corrected chi connectivity index (χ3v) is 6.30. The lowest BCUT2D eigenvalue weighted by Crippen LogP contribution is -2.18. The van der Waals surface area contributed by atoms with E-state index in [9.17, 15) is 65.9 Å². The van der Waals surface area contributed by atoms with E-state index in [-0.39, 0.29) is 11.5 Å². The second-order valence-corrected chi connectivity index (χ2v) is 9.19. The molecule has 4 rings (SSSR count). The van der Waals surface area contributed by atoms with Crippen molar-refractivity contribution in [2.45, 2.75) is 12.4 Å². The molecule has 0 radical (unpaired) electrons. The van der Waals surface area contributed by atoms with E-state index >= 15 is 0 Å². The quantitative estimate of drug-likeness (QED) is 0.131. The molecule has 4 aromatic rings. The maximum Gasteiger partial charge on any atom is 0.417 e. The number of rotatable bonds is 9. The van der Waals surface area contributed by atoms with E-state index in [0.717, 1.165) is 0 Å². The highest BCUT2D eigenvalue weighted by Crippen LogP contribution is 2.40. The van der Waals surface area contributed by atoms with Crippen LogP contribution >= 0.6 is 0 Å². The van der Waals surface area contributed by atoms with Gasteiger partial charge in [-0.2, -0.15) is 26.3 Å². The molecule has 0 unspecified atom stereocenters. The molecule has 16 heteroatoms. The van der Waals surface area contributed by atoms with E-state index in [1.165, 1.54) is 48.5 Å². The third-order valence-electron chi connectivity index (χ3n) is 6.30. The summed E-state index contributed by atoms with van der Waals surface area (Å²) in [6.45, 7) is 0. The molecule has 4 aromatic carbocycles. The van der Waals surface area contributed by atoms with Crippen LogP contribution < -0.4 is 9.47 Å². The minimum atomic E-state index is -5.16. The van der Waals surface area contributed by atoms with Gasteiger partial charge in [0, 0.05) is 0 Å². The van der Waals surface area contributed by atoms with Gasteiger partial charge in [0.15, 0.2) is 0 Å². The van der Waals surface area contributed by atoms with Crippen LogP contribution in [-0.2, 0) is 12.4 Å². The molecule has 4 N–H and O–H groups in total. The number of hydrogen-bond acceptors (Lipinski definition) is 6. The highest BCUT2D eigenvalue weighted by atomic mass is 19.4. The molecule has 0 heterocycles. The molecule has 0 amide bonds. The number of halogens is 6. The Morgan fingerprint density at radius 3 is 0.957 bits per heavy atom. The van der Waals surface area contributed by atoms with E-state index in [1.807, 2.05) is 0 Å². The predicted molar refractivity (Wildman–Crippen MR) is 143 cm³/mol. The summed E-state index contributed by atoms with van der Waals surface area (Å²) in [4.78, 5) is 46.6. The summed E-state index contributed by atoms with van der Waals surface area (Å²) in [7, 11) is 0. The van der Waals surface area contributed by atoms with Crippen molar-refractivity contribution < 1.29 is 75.4 Å². The van der Waals surface area contributed by atoms with Crippen molar-refractivity contribution in [2.24, 2.45) is 0 Å². The van der Waals surface area contributed by atoms with Gasteiger partial charge in [-0.15, -0.1) is 0 Å². The molecule has 0 saturated heterocycles. The average Bonchev–Trinajstić information content (AvgIpc) is 2.96. The Morgan fingerprint density at radius 2 is 0.717 bits per heavy atom. The fourth-order valence-corrected chi connectivity index (χ4v) is 4.36. The van der Waals surface area contributed by atoms with Crippen LogP contribution in [0.15, 0.2) is 72.8 Å². The minimum Gasteiger partial charge on any atom is -0.478 e. The van der Waals surface area contributed by atoms with Gasteiger partial charge in [0.05, 0.1) is 22.3 Å². The van der Waals surface area contributed by atoms with Crippen molar-refractivity contribution >= 4 is 23.9 Å². The Balaban J connectivity index is 1.60. The summed E-state index contributed by atoms with van der Waals surface area (Å²) in [6, 6.07) is 13.1. The van der Waals surface area contributed by atoms with Gasteiger partial charge in [-0.05, 0) is 59.7 Å². The topological polar surface area (TPSA) is 168 Å². The SMILES string of the molecule is O=C(O)c1c(Oc2ccc(-c3ccc(Oc4ccc(C(F)(F)F)c(C(=O)O)c4C(=O)O)cc3)cc2)ccc(C(F)(F)F)c1C(=O)O. The van der Waals surface area contributed by atoms with Gasteiger partial charge < -0.3 is 29.9 Å². The second-order valence-electron chi connectivity index (χ2n) is 9.19. The molecule has 0 saturated carbocycles. The van der Waals surface area contributed by atoms with Crippen molar-refractivity contribution in [3.63, 3.8) is 0 Å². The molecule has 0 spiro atoms. The fraction of sp³-hybridized carbons (Fsp3) is 0.0667. The molecule has 46 heavy (non-hydrogen) atoms. The summed E-state index contributed by atoms with van der Waals surface area (Å²) in [5.41, 5.74) is -7.78. The van der Waals surface area contributed by atoms with Crippen molar-refractivity contribution in [1.29, 1.82) is 0 Å². The molecular formula is C30H16F6O10. The van der Waals surface area contributed by atoms with Crippen LogP contribution in [0.1, 0.15) is 52.6 Å². The summed E-state index contributed by atoms with van der Waals surface area (Å²) in [6.07, 6.45) is -10.3. The number of hydrogen-bond donors (Lipinski definition) is 4. The van der Waals surface area contributed by atoms with Crippen LogP contribution in [0.3, 0.4) is 0 Å². The highest BCUT2D eigenvalue weighted by molar-refractivity contribution is 6.06. The average molecular weight is 650 g/mol. The van der Waals surface area contributed by atoms with Gasteiger partial charge in [-0.25, -0.2) is 19.2 Å². The first-order valence-electron chi connectivity index (χ1n) is 12.4. The van der Waals surface area contributed by atoms with E-state index in [0.29, 0.717) is 35.4 Å². The van der Waals surface area contributed by atoms with E-state index in [4.69, 9.17) is 9.47 Å². The van der Waals surface area contributed by atoms with Crippen molar-refractivity contribution in [1.82, 2.24) is 0 Å². The molecule has 0 aliphatic heterocycles.